The summed E-state index contributed by atoms with van der Waals surface area (Å²) in [6.07, 6.45) is 2.43. The molecule has 0 saturated carbocycles. The van der Waals surface area contributed by atoms with E-state index in [1.165, 1.54) is 24.0 Å². The van der Waals surface area contributed by atoms with Crippen LogP contribution in [-0.2, 0) is 6.54 Å². The van der Waals surface area contributed by atoms with Gasteiger partial charge < -0.3 is 10.6 Å². The summed E-state index contributed by atoms with van der Waals surface area (Å²) in [7, 11) is 0. The van der Waals surface area contributed by atoms with Gasteiger partial charge in [0.1, 0.15) is 0 Å². The molecule has 2 N–H and O–H groups in total. The summed E-state index contributed by atoms with van der Waals surface area (Å²) in [5.74, 6) is 0.823. The Bertz CT molecular complexity index is 651. The molecule has 4 nitrogen and oxygen atoms in total. The van der Waals surface area contributed by atoms with Gasteiger partial charge in [0.25, 0.3) is 0 Å². The predicted octanol–water partition coefficient (Wildman–Crippen LogP) is 3.24. The van der Waals surface area contributed by atoms with Crippen LogP contribution in [0, 0.1) is 13.8 Å². The van der Waals surface area contributed by atoms with E-state index in [1.807, 2.05) is 6.07 Å². The van der Waals surface area contributed by atoms with Gasteiger partial charge in [-0.25, -0.2) is 9.97 Å². The maximum absolute atomic E-state index is 5.81. The Morgan fingerprint density at radius 3 is 2.41 bits per heavy atom. The molecule has 1 aromatic heterocycles. The van der Waals surface area contributed by atoms with Crippen molar-refractivity contribution in [3.05, 3.63) is 41.1 Å². The standard InChI is InChI=1S/C17H22N4.ClH/c1-12-5-6-14(9-13(12)2)16-10-15(11-18)19-17(20-16)21-7-3-4-8-21;/h5-6,9-10H,3-4,7-8,11,18H2,1-2H3;1H. The zero-order chi connectivity index (χ0) is 14.8. The number of aromatic nitrogens is 2. The zero-order valence-corrected chi connectivity index (χ0v) is 14.0. The van der Waals surface area contributed by atoms with Crippen molar-refractivity contribution in [2.24, 2.45) is 5.73 Å². The fourth-order valence-corrected chi connectivity index (χ4v) is 2.70. The number of rotatable bonds is 3. The van der Waals surface area contributed by atoms with E-state index in [4.69, 9.17) is 10.7 Å². The molecule has 2 aromatic rings. The van der Waals surface area contributed by atoms with E-state index in [-0.39, 0.29) is 12.4 Å². The lowest BCUT2D eigenvalue weighted by Gasteiger charge is -2.17. The summed E-state index contributed by atoms with van der Waals surface area (Å²) in [4.78, 5) is 11.6. The normalized spacial score (nSPS) is 14.0. The summed E-state index contributed by atoms with van der Waals surface area (Å²) in [5, 5.41) is 0. The van der Waals surface area contributed by atoms with E-state index < -0.39 is 0 Å². The maximum Gasteiger partial charge on any atom is 0.226 e. The molecule has 0 radical (unpaired) electrons. The van der Waals surface area contributed by atoms with Gasteiger partial charge in [0, 0.05) is 25.2 Å². The molecule has 0 amide bonds. The molecule has 1 aromatic carbocycles. The number of anilines is 1. The minimum atomic E-state index is 0. The smallest absolute Gasteiger partial charge is 0.226 e. The highest BCUT2D eigenvalue weighted by molar-refractivity contribution is 5.85. The van der Waals surface area contributed by atoms with E-state index >= 15 is 0 Å². The van der Waals surface area contributed by atoms with Crippen molar-refractivity contribution < 1.29 is 0 Å². The van der Waals surface area contributed by atoms with Gasteiger partial charge in [-0.05, 0) is 49.9 Å². The van der Waals surface area contributed by atoms with Crippen LogP contribution in [0.15, 0.2) is 24.3 Å². The van der Waals surface area contributed by atoms with Crippen LogP contribution < -0.4 is 10.6 Å². The second-order valence-electron chi connectivity index (χ2n) is 5.74. The van der Waals surface area contributed by atoms with Crippen LogP contribution in [0.2, 0.25) is 0 Å². The molecule has 0 spiro atoms. The molecule has 22 heavy (non-hydrogen) atoms. The molecule has 1 aliphatic rings. The number of aryl methyl sites for hydroxylation is 2. The SMILES string of the molecule is Cc1ccc(-c2cc(CN)nc(N3CCCC3)n2)cc1C.Cl. The minimum absolute atomic E-state index is 0. The molecular weight excluding hydrogens is 296 g/mol. The first kappa shape index (κ1) is 16.7. The second kappa shape index (κ2) is 7.07. The van der Waals surface area contributed by atoms with Crippen LogP contribution in [0.25, 0.3) is 11.3 Å². The van der Waals surface area contributed by atoms with E-state index in [0.29, 0.717) is 6.54 Å². The summed E-state index contributed by atoms with van der Waals surface area (Å²) < 4.78 is 0. The summed E-state index contributed by atoms with van der Waals surface area (Å²) in [6, 6.07) is 8.46. The lowest BCUT2D eigenvalue weighted by Crippen LogP contribution is -2.21. The topological polar surface area (TPSA) is 55.0 Å². The molecule has 2 heterocycles. The third-order valence-corrected chi connectivity index (χ3v) is 4.17. The van der Waals surface area contributed by atoms with Crippen molar-refractivity contribution in [2.45, 2.75) is 33.2 Å². The Morgan fingerprint density at radius 2 is 1.77 bits per heavy atom. The highest BCUT2D eigenvalue weighted by Gasteiger charge is 2.17. The average molecular weight is 319 g/mol. The van der Waals surface area contributed by atoms with Crippen LogP contribution in [0.4, 0.5) is 5.95 Å². The largest absolute Gasteiger partial charge is 0.341 e. The van der Waals surface area contributed by atoms with Crippen LogP contribution in [0.1, 0.15) is 29.7 Å². The maximum atomic E-state index is 5.81. The van der Waals surface area contributed by atoms with E-state index in [1.54, 1.807) is 0 Å². The minimum Gasteiger partial charge on any atom is -0.341 e. The Balaban J connectivity index is 0.00000176. The fraction of sp³-hybridized carbons (Fsp3) is 0.412. The van der Waals surface area contributed by atoms with Crippen molar-refractivity contribution in [2.75, 3.05) is 18.0 Å². The fourth-order valence-electron chi connectivity index (χ4n) is 2.70. The third kappa shape index (κ3) is 3.39. The van der Waals surface area contributed by atoms with Gasteiger partial charge in [-0.15, -0.1) is 12.4 Å². The van der Waals surface area contributed by atoms with Gasteiger partial charge >= 0.3 is 0 Å². The molecule has 118 valence electrons. The van der Waals surface area contributed by atoms with E-state index in [9.17, 15) is 0 Å². The lowest BCUT2D eigenvalue weighted by molar-refractivity contribution is 0.870. The van der Waals surface area contributed by atoms with Gasteiger partial charge in [0.15, 0.2) is 0 Å². The van der Waals surface area contributed by atoms with Gasteiger partial charge in [-0.3, -0.25) is 0 Å². The number of hydrogen-bond donors (Lipinski definition) is 1. The quantitative estimate of drug-likeness (QED) is 0.944. The second-order valence-corrected chi connectivity index (χ2v) is 5.74. The molecule has 3 rings (SSSR count). The molecule has 1 saturated heterocycles. The molecule has 0 aliphatic carbocycles. The molecule has 1 aliphatic heterocycles. The molecular formula is C17H23ClN4. The average Bonchev–Trinajstić information content (AvgIpc) is 3.04. The Kier molecular flexibility index (Phi) is 5.37. The Labute approximate surface area is 138 Å². The molecule has 0 unspecified atom stereocenters. The Morgan fingerprint density at radius 1 is 1.05 bits per heavy atom. The molecule has 0 bridgehead atoms. The van der Waals surface area contributed by atoms with Crippen molar-refractivity contribution in [3.8, 4) is 11.3 Å². The summed E-state index contributed by atoms with van der Waals surface area (Å²) >= 11 is 0. The highest BCUT2D eigenvalue weighted by Crippen LogP contribution is 2.24. The first-order valence-electron chi connectivity index (χ1n) is 7.58. The van der Waals surface area contributed by atoms with Crippen LogP contribution in [0.5, 0.6) is 0 Å². The first-order chi connectivity index (χ1) is 10.2. The van der Waals surface area contributed by atoms with Crippen LogP contribution in [-0.4, -0.2) is 23.1 Å². The monoisotopic (exact) mass is 318 g/mol. The first-order valence-corrected chi connectivity index (χ1v) is 7.58. The number of hydrogen-bond acceptors (Lipinski definition) is 4. The number of nitrogens with zero attached hydrogens (tertiary/aromatic N) is 3. The van der Waals surface area contributed by atoms with Gasteiger partial charge in [-0.2, -0.15) is 0 Å². The van der Waals surface area contributed by atoms with Gasteiger partial charge in [-0.1, -0.05) is 12.1 Å². The van der Waals surface area contributed by atoms with Gasteiger partial charge in [0.2, 0.25) is 5.95 Å². The Hall–Kier alpha value is -1.65. The number of nitrogens with two attached hydrogens (primary N) is 1. The van der Waals surface area contributed by atoms with E-state index in [0.717, 1.165) is 36.0 Å². The van der Waals surface area contributed by atoms with Crippen molar-refractivity contribution in [1.82, 2.24) is 9.97 Å². The predicted molar refractivity (Wildman–Crippen MR) is 93.5 cm³/mol. The number of halogens is 1. The number of benzene rings is 1. The van der Waals surface area contributed by atoms with Crippen molar-refractivity contribution in [3.63, 3.8) is 0 Å². The lowest BCUT2D eigenvalue weighted by atomic mass is 10.0. The zero-order valence-electron chi connectivity index (χ0n) is 13.2. The van der Waals surface area contributed by atoms with Crippen molar-refractivity contribution >= 4 is 18.4 Å². The van der Waals surface area contributed by atoms with Crippen molar-refractivity contribution in [1.29, 1.82) is 0 Å². The molecule has 0 atom stereocenters. The molecule has 1 fully saturated rings. The third-order valence-electron chi connectivity index (χ3n) is 4.17. The van der Waals surface area contributed by atoms with Crippen LogP contribution in [0.3, 0.4) is 0 Å². The van der Waals surface area contributed by atoms with Crippen LogP contribution >= 0.6 is 12.4 Å². The van der Waals surface area contributed by atoms with E-state index in [2.05, 4.69) is 41.9 Å². The van der Waals surface area contributed by atoms with Gasteiger partial charge in [0.05, 0.1) is 11.4 Å². The molecule has 5 heteroatoms. The summed E-state index contributed by atoms with van der Waals surface area (Å²) in [6.45, 7) is 6.79. The summed E-state index contributed by atoms with van der Waals surface area (Å²) in [5.41, 5.74) is 11.4. The highest BCUT2D eigenvalue weighted by atomic mass is 35.5.